The largest absolute Gasteiger partial charge is 0.396 e. The van der Waals surface area contributed by atoms with Gasteiger partial charge >= 0.3 is 0 Å². The number of nitrogens with one attached hydrogen (secondary N) is 1. The Morgan fingerprint density at radius 2 is 2.31 bits per heavy atom. The molecule has 0 aliphatic heterocycles. The molecule has 0 saturated heterocycles. The van der Waals surface area contributed by atoms with Crippen LogP contribution in [0.25, 0.3) is 0 Å². The molecule has 0 radical (unpaired) electrons. The highest BCUT2D eigenvalue weighted by atomic mass is 35.5. The van der Waals surface area contributed by atoms with E-state index in [1.54, 1.807) is 0 Å². The number of hydrogen-bond donors (Lipinski definition) is 3. The van der Waals surface area contributed by atoms with Crippen LogP contribution in [-0.2, 0) is 0 Å². The Labute approximate surface area is 99.0 Å². The molecule has 0 bridgehead atoms. The summed E-state index contributed by atoms with van der Waals surface area (Å²) in [4.78, 5) is 7.85. The maximum atomic E-state index is 9.21. The molecule has 2 rings (SSSR count). The quantitative estimate of drug-likeness (QED) is 0.696. The monoisotopic (exact) mass is 242 g/mol. The normalized spacial score (nSPS) is 24.6. The molecule has 2 atom stereocenters. The minimum atomic E-state index is 0.191. The van der Waals surface area contributed by atoms with Gasteiger partial charge in [-0.15, -0.1) is 0 Å². The summed E-state index contributed by atoms with van der Waals surface area (Å²) in [5.74, 6) is 0.832. The first kappa shape index (κ1) is 11.4. The standard InChI is InChI=1S/C10H15ClN4O/c11-9-8(12)10(14-5-13-9)15-7-3-1-2-6(7)4-16/h5-7,16H,1-4,12H2,(H,13,14,15)/t6-,7+/m0/s1. The molecule has 5 nitrogen and oxygen atoms in total. The molecule has 1 aliphatic rings. The highest BCUT2D eigenvalue weighted by molar-refractivity contribution is 6.32. The fraction of sp³-hybridized carbons (Fsp3) is 0.600. The second kappa shape index (κ2) is 4.84. The summed E-state index contributed by atoms with van der Waals surface area (Å²) < 4.78 is 0. The molecule has 0 amide bonds. The molecule has 0 unspecified atom stereocenters. The topological polar surface area (TPSA) is 84.1 Å². The summed E-state index contributed by atoms with van der Waals surface area (Å²) in [7, 11) is 0. The van der Waals surface area contributed by atoms with Gasteiger partial charge in [0.05, 0.1) is 0 Å². The zero-order valence-electron chi connectivity index (χ0n) is 8.86. The third kappa shape index (κ3) is 2.20. The van der Waals surface area contributed by atoms with Gasteiger partial charge in [-0.05, 0) is 12.8 Å². The number of aromatic nitrogens is 2. The number of nitrogen functional groups attached to an aromatic ring is 1. The van der Waals surface area contributed by atoms with Crippen molar-refractivity contribution in [3.05, 3.63) is 11.5 Å². The molecule has 16 heavy (non-hydrogen) atoms. The Balaban J connectivity index is 2.11. The van der Waals surface area contributed by atoms with E-state index in [1.807, 2.05) is 0 Å². The second-order valence-electron chi connectivity index (χ2n) is 4.05. The lowest BCUT2D eigenvalue weighted by molar-refractivity contribution is 0.222. The van der Waals surface area contributed by atoms with Gasteiger partial charge in [-0.1, -0.05) is 18.0 Å². The number of hydrogen-bond acceptors (Lipinski definition) is 5. The minimum absolute atomic E-state index is 0.191. The zero-order chi connectivity index (χ0) is 11.5. The fourth-order valence-corrected chi connectivity index (χ4v) is 2.24. The number of rotatable bonds is 3. The van der Waals surface area contributed by atoms with Crippen molar-refractivity contribution >= 4 is 23.1 Å². The van der Waals surface area contributed by atoms with Gasteiger partial charge in [-0.25, -0.2) is 9.97 Å². The predicted octanol–water partition coefficient (Wildman–Crippen LogP) is 1.29. The number of nitrogens with two attached hydrogens (primary N) is 1. The van der Waals surface area contributed by atoms with Crippen molar-refractivity contribution in [3.63, 3.8) is 0 Å². The van der Waals surface area contributed by atoms with Crippen LogP contribution in [-0.4, -0.2) is 27.7 Å². The van der Waals surface area contributed by atoms with Crippen LogP contribution in [0.1, 0.15) is 19.3 Å². The number of nitrogens with zero attached hydrogens (tertiary/aromatic N) is 2. The molecule has 1 aliphatic carbocycles. The minimum Gasteiger partial charge on any atom is -0.396 e. The third-order valence-corrected chi connectivity index (χ3v) is 3.35. The van der Waals surface area contributed by atoms with Crippen molar-refractivity contribution < 1.29 is 5.11 Å². The van der Waals surface area contributed by atoms with Crippen molar-refractivity contribution in [1.82, 2.24) is 9.97 Å². The van der Waals surface area contributed by atoms with Crippen molar-refractivity contribution in [1.29, 1.82) is 0 Å². The van der Waals surface area contributed by atoms with Crippen LogP contribution in [0.3, 0.4) is 0 Å². The maximum absolute atomic E-state index is 9.21. The summed E-state index contributed by atoms with van der Waals surface area (Å²) >= 11 is 5.80. The van der Waals surface area contributed by atoms with Crippen LogP contribution in [0, 0.1) is 5.92 Å². The lowest BCUT2D eigenvalue weighted by atomic mass is 10.1. The molecular formula is C10H15ClN4O. The second-order valence-corrected chi connectivity index (χ2v) is 4.41. The predicted molar refractivity (Wildman–Crippen MR) is 63.3 cm³/mol. The maximum Gasteiger partial charge on any atom is 0.157 e. The van der Waals surface area contributed by atoms with Gasteiger partial charge in [0.2, 0.25) is 0 Å². The van der Waals surface area contributed by atoms with Gasteiger partial charge in [-0.3, -0.25) is 0 Å². The van der Waals surface area contributed by atoms with Gasteiger partial charge in [0.1, 0.15) is 12.0 Å². The van der Waals surface area contributed by atoms with Gasteiger partial charge in [0.25, 0.3) is 0 Å². The zero-order valence-corrected chi connectivity index (χ0v) is 9.61. The average molecular weight is 243 g/mol. The van der Waals surface area contributed by atoms with Crippen LogP contribution in [0.15, 0.2) is 6.33 Å². The van der Waals surface area contributed by atoms with E-state index >= 15 is 0 Å². The molecule has 1 fully saturated rings. The van der Waals surface area contributed by atoms with Gasteiger partial charge < -0.3 is 16.2 Å². The molecule has 1 aromatic rings. The average Bonchev–Trinajstić information content (AvgIpc) is 2.72. The molecule has 88 valence electrons. The molecule has 1 heterocycles. The summed E-state index contributed by atoms with van der Waals surface area (Å²) in [6, 6.07) is 0.221. The van der Waals surface area contributed by atoms with Crippen molar-refractivity contribution in [3.8, 4) is 0 Å². The van der Waals surface area contributed by atoms with Crippen LogP contribution in [0.2, 0.25) is 5.15 Å². The number of aliphatic hydroxyl groups excluding tert-OH is 1. The number of aliphatic hydroxyl groups is 1. The molecule has 1 saturated carbocycles. The van der Waals surface area contributed by atoms with E-state index in [1.165, 1.54) is 6.33 Å². The number of halogens is 1. The Morgan fingerprint density at radius 1 is 1.50 bits per heavy atom. The summed E-state index contributed by atoms with van der Waals surface area (Å²) in [5, 5.41) is 12.7. The molecule has 4 N–H and O–H groups in total. The van der Waals surface area contributed by atoms with Crippen molar-refractivity contribution in [2.24, 2.45) is 5.92 Å². The summed E-state index contributed by atoms with van der Waals surface area (Å²) in [6.07, 6.45) is 4.55. The van der Waals surface area contributed by atoms with E-state index in [4.69, 9.17) is 17.3 Å². The summed E-state index contributed by atoms with van der Waals surface area (Å²) in [6.45, 7) is 0.191. The van der Waals surface area contributed by atoms with Crippen LogP contribution < -0.4 is 11.1 Å². The fourth-order valence-electron chi connectivity index (χ4n) is 2.11. The Bertz CT molecular complexity index is 374. The third-order valence-electron chi connectivity index (χ3n) is 3.05. The Hall–Kier alpha value is -1.07. The van der Waals surface area contributed by atoms with Crippen LogP contribution in [0.5, 0.6) is 0 Å². The van der Waals surface area contributed by atoms with Gasteiger partial charge in [-0.2, -0.15) is 0 Å². The van der Waals surface area contributed by atoms with E-state index in [2.05, 4.69) is 15.3 Å². The van der Waals surface area contributed by atoms with E-state index in [0.29, 0.717) is 11.5 Å². The lowest BCUT2D eigenvalue weighted by Crippen LogP contribution is -2.27. The van der Waals surface area contributed by atoms with Crippen molar-refractivity contribution in [2.75, 3.05) is 17.7 Å². The SMILES string of the molecule is Nc1c(Cl)ncnc1N[C@@H]1CCC[C@H]1CO. The molecular weight excluding hydrogens is 228 g/mol. The lowest BCUT2D eigenvalue weighted by Gasteiger charge is -2.20. The van der Waals surface area contributed by atoms with Gasteiger partial charge in [0, 0.05) is 18.6 Å². The van der Waals surface area contributed by atoms with E-state index in [-0.39, 0.29) is 23.7 Å². The highest BCUT2D eigenvalue weighted by Crippen LogP contribution is 2.30. The Morgan fingerprint density at radius 3 is 3.06 bits per heavy atom. The molecule has 0 spiro atoms. The number of anilines is 2. The van der Waals surface area contributed by atoms with Crippen LogP contribution in [0.4, 0.5) is 11.5 Å². The van der Waals surface area contributed by atoms with Crippen molar-refractivity contribution in [2.45, 2.75) is 25.3 Å². The smallest absolute Gasteiger partial charge is 0.157 e. The highest BCUT2D eigenvalue weighted by Gasteiger charge is 2.27. The van der Waals surface area contributed by atoms with E-state index in [0.717, 1.165) is 19.3 Å². The van der Waals surface area contributed by atoms with E-state index < -0.39 is 0 Å². The molecule has 1 aromatic heterocycles. The first-order chi connectivity index (χ1) is 7.72. The first-order valence-corrected chi connectivity index (χ1v) is 5.73. The Kier molecular flexibility index (Phi) is 3.46. The van der Waals surface area contributed by atoms with Crippen LogP contribution >= 0.6 is 11.6 Å². The molecule has 0 aromatic carbocycles. The molecule has 6 heteroatoms. The van der Waals surface area contributed by atoms with Gasteiger partial charge in [0.15, 0.2) is 11.0 Å². The van der Waals surface area contributed by atoms with E-state index in [9.17, 15) is 5.11 Å². The summed E-state index contributed by atoms with van der Waals surface area (Å²) in [5.41, 5.74) is 6.13. The first-order valence-electron chi connectivity index (χ1n) is 5.35.